The summed E-state index contributed by atoms with van der Waals surface area (Å²) in [6.45, 7) is 5.55. The highest BCUT2D eigenvalue weighted by Gasteiger charge is 2.31. The minimum absolute atomic E-state index is 0.0151. The minimum Gasteiger partial charge on any atom is -0.383 e. The summed E-state index contributed by atoms with van der Waals surface area (Å²) in [5.74, 6) is 1.53. The molecule has 6 nitrogen and oxygen atoms in total. The summed E-state index contributed by atoms with van der Waals surface area (Å²) >= 11 is 0. The van der Waals surface area contributed by atoms with Crippen LogP contribution in [0.1, 0.15) is 43.4 Å². The molecule has 2 aromatic rings. The summed E-state index contributed by atoms with van der Waals surface area (Å²) in [5, 5.41) is 3.19. The second kappa shape index (κ2) is 7.51. The van der Waals surface area contributed by atoms with Gasteiger partial charge in [0.05, 0.1) is 13.0 Å². The van der Waals surface area contributed by atoms with Gasteiger partial charge in [0.1, 0.15) is 11.6 Å². The maximum atomic E-state index is 12.5. The van der Waals surface area contributed by atoms with Crippen molar-refractivity contribution in [3.05, 3.63) is 41.0 Å². The van der Waals surface area contributed by atoms with Crippen LogP contribution in [0.3, 0.4) is 0 Å². The molecule has 0 spiro atoms. The first-order valence-corrected chi connectivity index (χ1v) is 8.90. The van der Waals surface area contributed by atoms with Gasteiger partial charge in [-0.2, -0.15) is 9.97 Å². The number of carbonyl (C=O) groups excluding carboxylic acids is 1. The van der Waals surface area contributed by atoms with E-state index < -0.39 is 0 Å². The van der Waals surface area contributed by atoms with E-state index >= 15 is 0 Å². The van der Waals surface area contributed by atoms with Gasteiger partial charge >= 0.3 is 0 Å². The van der Waals surface area contributed by atoms with Gasteiger partial charge in [0.2, 0.25) is 11.9 Å². The Bertz CT molecular complexity index is 757. The van der Waals surface area contributed by atoms with E-state index in [2.05, 4.69) is 53.4 Å². The normalized spacial score (nSPS) is 13.2. The van der Waals surface area contributed by atoms with Crippen LogP contribution in [0.5, 0.6) is 0 Å². The summed E-state index contributed by atoms with van der Waals surface area (Å²) in [4.78, 5) is 23.0. The number of amides is 1. The van der Waals surface area contributed by atoms with E-state index in [1.165, 1.54) is 5.56 Å². The highest BCUT2D eigenvalue weighted by molar-refractivity contribution is 6.01. The predicted molar refractivity (Wildman–Crippen MR) is 101 cm³/mol. The van der Waals surface area contributed by atoms with E-state index in [4.69, 9.17) is 5.73 Å². The summed E-state index contributed by atoms with van der Waals surface area (Å²) < 4.78 is 0. The van der Waals surface area contributed by atoms with Crippen LogP contribution in [0.15, 0.2) is 24.3 Å². The van der Waals surface area contributed by atoms with E-state index in [1.807, 2.05) is 0 Å². The van der Waals surface area contributed by atoms with Gasteiger partial charge in [-0.1, -0.05) is 44.5 Å². The largest absolute Gasteiger partial charge is 0.383 e. The molecule has 3 N–H and O–H groups in total. The monoisotopic (exact) mass is 339 g/mol. The van der Waals surface area contributed by atoms with Crippen LogP contribution < -0.4 is 16.0 Å². The molecule has 1 aromatic carbocycles. The van der Waals surface area contributed by atoms with Crippen molar-refractivity contribution in [3.8, 4) is 0 Å². The Kier molecular flexibility index (Phi) is 5.16. The summed E-state index contributed by atoms with van der Waals surface area (Å²) in [6, 6.07) is 8.33. The molecule has 0 unspecified atom stereocenters. The summed E-state index contributed by atoms with van der Waals surface area (Å²) in [6.07, 6.45) is 3.39. The number of nitrogens with two attached hydrogens (primary N) is 1. The van der Waals surface area contributed by atoms with Crippen molar-refractivity contribution in [3.63, 3.8) is 0 Å². The number of nitrogens with zero attached hydrogens (tertiary/aromatic N) is 3. The Morgan fingerprint density at radius 3 is 2.56 bits per heavy atom. The van der Waals surface area contributed by atoms with Crippen LogP contribution >= 0.6 is 0 Å². The number of carbonyl (C=O) groups is 1. The highest BCUT2D eigenvalue weighted by atomic mass is 16.2. The molecule has 0 fully saturated rings. The number of nitrogen functional groups attached to an aromatic ring is 1. The van der Waals surface area contributed by atoms with Gasteiger partial charge in [-0.15, -0.1) is 0 Å². The number of hydrogen-bond acceptors (Lipinski definition) is 5. The highest BCUT2D eigenvalue weighted by Crippen LogP contribution is 2.32. The number of anilines is 3. The van der Waals surface area contributed by atoms with Crippen molar-refractivity contribution >= 4 is 23.5 Å². The lowest BCUT2D eigenvalue weighted by atomic mass is 10.1. The lowest BCUT2D eigenvalue weighted by molar-refractivity contribution is -0.117. The predicted octanol–water partition coefficient (Wildman–Crippen LogP) is 2.92. The van der Waals surface area contributed by atoms with Crippen LogP contribution in [-0.4, -0.2) is 22.4 Å². The van der Waals surface area contributed by atoms with Crippen LogP contribution in [0.2, 0.25) is 0 Å². The van der Waals surface area contributed by atoms with Gasteiger partial charge in [-0.25, -0.2) is 0 Å². The van der Waals surface area contributed by atoms with Gasteiger partial charge < -0.3 is 11.1 Å². The van der Waals surface area contributed by atoms with Crippen molar-refractivity contribution in [2.45, 2.75) is 46.1 Å². The van der Waals surface area contributed by atoms with Gasteiger partial charge in [-0.05, 0) is 24.0 Å². The molecule has 0 bridgehead atoms. The number of hydrogen-bond donors (Lipinski definition) is 2. The van der Waals surface area contributed by atoms with E-state index in [-0.39, 0.29) is 12.3 Å². The zero-order valence-electron chi connectivity index (χ0n) is 14.9. The van der Waals surface area contributed by atoms with E-state index in [0.717, 1.165) is 36.9 Å². The van der Waals surface area contributed by atoms with Crippen LogP contribution in [-0.2, 0) is 24.2 Å². The van der Waals surface area contributed by atoms with Crippen molar-refractivity contribution in [2.75, 3.05) is 22.5 Å². The average molecular weight is 339 g/mol. The van der Waals surface area contributed by atoms with E-state index in [0.29, 0.717) is 24.1 Å². The Morgan fingerprint density at radius 2 is 1.88 bits per heavy atom. The maximum absolute atomic E-state index is 12.5. The molecule has 0 radical (unpaired) electrons. The number of unbranched alkanes of at least 4 members (excludes halogenated alkanes) is 1. The number of nitrogens with one attached hydrogen (secondary N) is 1. The second-order valence-corrected chi connectivity index (χ2v) is 6.34. The molecule has 1 aromatic heterocycles. The third kappa shape index (κ3) is 3.73. The van der Waals surface area contributed by atoms with Gasteiger partial charge in [0, 0.05) is 12.1 Å². The Balaban J connectivity index is 1.83. The third-order valence-electron chi connectivity index (χ3n) is 4.49. The van der Waals surface area contributed by atoms with Gasteiger partial charge in [-0.3, -0.25) is 9.69 Å². The number of rotatable bonds is 7. The fraction of sp³-hybridized carbons (Fsp3) is 0.421. The molecule has 1 amide bonds. The second-order valence-electron chi connectivity index (χ2n) is 6.34. The van der Waals surface area contributed by atoms with Gasteiger partial charge in [0.25, 0.3) is 0 Å². The molecule has 25 heavy (non-hydrogen) atoms. The maximum Gasteiger partial charge on any atom is 0.233 e. The molecule has 1 aliphatic heterocycles. The fourth-order valence-corrected chi connectivity index (χ4v) is 2.93. The number of aromatic nitrogens is 2. The molecule has 0 saturated carbocycles. The molecule has 0 atom stereocenters. The van der Waals surface area contributed by atoms with Crippen molar-refractivity contribution in [1.82, 2.24) is 9.97 Å². The van der Waals surface area contributed by atoms with E-state index in [9.17, 15) is 4.79 Å². The first-order chi connectivity index (χ1) is 12.1. The minimum atomic E-state index is 0.0151. The Morgan fingerprint density at radius 1 is 1.16 bits per heavy atom. The third-order valence-corrected chi connectivity index (χ3v) is 4.49. The van der Waals surface area contributed by atoms with Crippen molar-refractivity contribution in [1.29, 1.82) is 0 Å². The Hall–Kier alpha value is -2.63. The van der Waals surface area contributed by atoms with Gasteiger partial charge in [0.15, 0.2) is 0 Å². The molecule has 3 rings (SSSR count). The molecule has 2 heterocycles. The van der Waals surface area contributed by atoms with E-state index in [1.54, 1.807) is 4.90 Å². The fourth-order valence-electron chi connectivity index (χ4n) is 2.93. The zero-order chi connectivity index (χ0) is 17.8. The standard InChI is InChI=1S/C19H25N5O/c1-3-5-10-21-19-22-17(20)15-11-16(25)24(18(15)23-19)12-14-8-6-13(4-2)7-9-14/h6-9H,3-5,10-12H2,1-2H3,(H3,20,21,22,23). The smallest absolute Gasteiger partial charge is 0.233 e. The topological polar surface area (TPSA) is 84.1 Å². The van der Waals surface area contributed by atoms with Crippen molar-refractivity contribution < 1.29 is 4.79 Å². The van der Waals surface area contributed by atoms with Crippen LogP contribution in [0, 0.1) is 0 Å². The number of fused-ring (bicyclic) bond motifs is 1. The molecule has 0 saturated heterocycles. The quantitative estimate of drug-likeness (QED) is 0.758. The molecule has 6 heteroatoms. The Labute approximate surface area is 148 Å². The first kappa shape index (κ1) is 17.2. The first-order valence-electron chi connectivity index (χ1n) is 8.90. The lowest BCUT2D eigenvalue weighted by Gasteiger charge is -2.18. The zero-order valence-corrected chi connectivity index (χ0v) is 14.9. The van der Waals surface area contributed by atoms with Crippen molar-refractivity contribution in [2.24, 2.45) is 0 Å². The number of aryl methyl sites for hydroxylation is 1. The molecule has 1 aliphatic rings. The molecular formula is C19H25N5O. The van der Waals surface area contributed by atoms with Crippen LogP contribution in [0.4, 0.5) is 17.6 Å². The molecule has 0 aliphatic carbocycles. The summed E-state index contributed by atoms with van der Waals surface area (Å²) in [5.41, 5.74) is 9.16. The van der Waals surface area contributed by atoms with Crippen LogP contribution in [0.25, 0.3) is 0 Å². The molecular weight excluding hydrogens is 314 g/mol. The number of benzene rings is 1. The lowest BCUT2D eigenvalue weighted by Crippen LogP contribution is -2.26. The summed E-state index contributed by atoms with van der Waals surface area (Å²) in [7, 11) is 0. The average Bonchev–Trinajstić information content (AvgIpc) is 2.93. The molecule has 132 valence electrons. The SMILES string of the molecule is CCCCNc1nc(N)c2c(n1)N(Cc1ccc(CC)cc1)C(=O)C2.